The van der Waals surface area contributed by atoms with E-state index < -0.39 is 10.0 Å². The Balaban J connectivity index is 1.55. The predicted molar refractivity (Wildman–Crippen MR) is 104 cm³/mol. The first-order valence-electron chi connectivity index (χ1n) is 8.81. The Bertz CT molecular complexity index is 974. The summed E-state index contributed by atoms with van der Waals surface area (Å²) in [7, 11) is -3.64. The number of carbonyl (C=O) groups is 1. The Morgan fingerprint density at radius 3 is 2.29 bits per heavy atom. The summed E-state index contributed by atoms with van der Waals surface area (Å²) >= 11 is 5.83. The fourth-order valence-electron chi connectivity index (χ4n) is 3.04. The second kappa shape index (κ2) is 8.74. The van der Waals surface area contributed by atoms with Crippen LogP contribution < -0.4 is 0 Å². The van der Waals surface area contributed by atoms with Gasteiger partial charge in [0.1, 0.15) is 6.61 Å². The second-order valence-electron chi connectivity index (χ2n) is 6.55. The SMILES string of the molecule is N#Cc1ccc(S(=O)(=O)N2CCC(C(=O)OCc3ccc(Cl)cc3)CC2)cc1. The van der Waals surface area contributed by atoms with E-state index in [4.69, 9.17) is 21.6 Å². The largest absolute Gasteiger partial charge is 0.461 e. The second-order valence-corrected chi connectivity index (χ2v) is 8.92. The van der Waals surface area contributed by atoms with Crippen LogP contribution in [0.5, 0.6) is 0 Å². The van der Waals surface area contributed by atoms with Crippen molar-refractivity contribution in [2.24, 2.45) is 5.92 Å². The van der Waals surface area contributed by atoms with Crippen molar-refractivity contribution in [1.82, 2.24) is 4.31 Å². The third-order valence-electron chi connectivity index (χ3n) is 4.70. The van der Waals surface area contributed by atoms with Gasteiger partial charge in [-0.2, -0.15) is 9.57 Å². The Kier molecular flexibility index (Phi) is 6.35. The summed E-state index contributed by atoms with van der Waals surface area (Å²) in [6.45, 7) is 0.672. The van der Waals surface area contributed by atoms with Gasteiger partial charge in [-0.3, -0.25) is 4.79 Å². The van der Waals surface area contributed by atoms with Gasteiger partial charge < -0.3 is 4.74 Å². The lowest BCUT2D eigenvalue weighted by Gasteiger charge is -2.30. The third-order valence-corrected chi connectivity index (χ3v) is 6.87. The summed E-state index contributed by atoms with van der Waals surface area (Å²) in [4.78, 5) is 12.4. The molecule has 0 aliphatic carbocycles. The van der Waals surface area contributed by atoms with E-state index in [1.54, 1.807) is 24.3 Å². The van der Waals surface area contributed by atoms with Crippen molar-refractivity contribution >= 4 is 27.6 Å². The van der Waals surface area contributed by atoms with Crippen molar-refractivity contribution in [2.45, 2.75) is 24.3 Å². The van der Waals surface area contributed by atoms with E-state index in [9.17, 15) is 13.2 Å². The third kappa shape index (κ3) is 4.71. The summed E-state index contributed by atoms with van der Waals surface area (Å²) < 4.78 is 32.2. The van der Waals surface area contributed by atoms with Crippen LogP contribution in [0.25, 0.3) is 0 Å². The Morgan fingerprint density at radius 1 is 1.11 bits per heavy atom. The van der Waals surface area contributed by atoms with E-state index in [-0.39, 0.29) is 36.5 Å². The quantitative estimate of drug-likeness (QED) is 0.695. The molecule has 0 aromatic heterocycles. The minimum atomic E-state index is -3.64. The van der Waals surface area contributed by atoms with Gasteiger partial charge in [0.2, 0.25) is 10.0 Å². The maximum Gasteiger partial charge on any atom is 0.309 e. The minimum Gasteiger partial charge on any atom is -0.461 e. The van der Waals surface area contributed by atoms with Gasteiger partial charge in [0.25, 0.3) is 0 Å². The van der Waals surface area contributed by atoms with Crippen LogP contribution in [0.3, 0.4) is 0 Å². The van der Waals surface area contributed by atoms with Gasteiger partial charge in [-0.25, -0.2) is 8.42 Å². The fraction of sp³-hybridized carbons (Fsp3) is 0.300. The van der Waals surface area contributed by atoms with Crippen molar-refractivity contribution in [3.63, 3.8) is 0 Å². The highest BCUT2D eigenvalue weighted by Gasteiger charge is 2.32. The molecular weight excluding hydrogens is 400 g/mol. The van der Waals surface area contributed by atoms with E-state index in [1.807, 2.05) is 6.07 Å². The topological polar surface area (TPSA) is 87.5 Å². The maximum atomic E-state index is 12.7. The molecule has 0 N–H and O–H groups in total. The average Bonchev–Trinajstić information content (AvgIpc) is 2.73. The van der Waals surface area contributed by atoms with Crippen LogP contribution in [0.1, 0.15) is 24.0 Å². The number of hydrogen-bond donors (Lipinski definition) is 0. The highest BCUT2D eigenvalue weighted by Crippen LogP contribution is 2.25. The molecule has 6 nitrogen and oxygen atoms in total. The molecule has 0 spiro atoms. The number of sulfonamides is 1. The van der Waals surface area contributed by atoms with Crippen LogP contribution in [-0.2, 0) is 26.2 Å². The van der Waals surface area contributed by atoms with Gasteiger partial charge in [-0.1, -0.05) is 23.7 Å². The molecule has 0 amide bonds. The van der Waals surface area contributed by atoms with E-state index in [1.165, 1.54) is 28.6 Å². The van der Waals surface area contributed by atoms with Crippen molar-refractivity contribution in [3.8, 4) is 6.07 Å². The van der Waals surface area contributed by atoms with Crippen LogP contribution >= 0.6 is 11.6 Å². The Hall–Kier alpha value is -2.40. The zero-order valence-electron chi connectivity index (χ0n) is 15.0. The highest BCUT2D eigenvalue weighted by atomic mass is 35.5. The number of rotatable bonds is 5. The van der Waals surface area contributed by atoms with Gasteiger partial charge in [-0.15, -0.1) is 0 Å². The number of hydrogen-bond acceptors (Lipinski definition) is 5. The van der Waals surface area contributed by atoms with E-state index in [0.717, 1.165) is 5.56 Å². The van der Waals surface area contributed by atoms with Crippen LogP contribution in [0.4, 0.5) is 0 Å². The van der Waals surface area contributed by atoms with Gasteiger partial charge >= 0.3 is 5.97 Å². The summed E-state index contributed by atoms with van der Waals surface area (Å²) in [5, 5.41) is 9.45. The molecule has 1 fully saturated rings. The number of nitriles is 1. The predicted octanol–water partition coefficient (Wildman–Crippen LogP) is 3.36. The first kappa shape index (κ1) is 20.3. The summed E-state index contributed by atoms with van der Waals surface area (Å²) in [5.74, 6) is -0.634. The Morgan fingerprint density at radius 2 is 1.71 bits per heavy atom. The smallest absolute Gasteiger partial charge is 0.309 e. The van der Waals surface area contributed by atoms with Crippen molar-refractivity contribution in [2.75, 3.05) is 13.1 Å². The monoisotopic (exact) mass is 418 g/mol. The summed E-state index contributed by atoms with van der Waals surface area (Å²) in [5.41, 5.74) is 1.25. The minimum absolute atomic E-state index is 0.148. The molecule has 0 bridgehead atoms. The van der Waals surface area contributed by atoms with E-state index in [2.05, 4.69) is 0 Å². The van der Waals surface area contributed by atoms with Gasteiger partial charge in [-0.05, 0) is 54.8 Å². The highest BCUT2D eigenvalue weighted by molar-refractivity contribution is 7.89. The number of carbonyl (C=O) groups excluding carboxylic acids is 1. The van der Waals surface area contributed by atoms with E-state index >= 15 is 0 Å². The van der Waals surface area contributed by atoms with Crippen LogP contribution in [0.2, 0.25) is 5.02 Å². The van der Waals surface area contributed by atoms with Crippen LogP contribution in [0.15, 0.2) is 53.4 Å². The molecule has 0 saturated carbocycles. The van der Waals surface area contributed by atoms with Crippen LogP contribution in [-0.4, -0.2) is 31.8 Å². The lowest BCUT2D eigenvalue weighted by atomic mass is 9.98. The number of ether oxygens (including phenoxy) is 1. The molecule has 2 aromatic carbocycles. The normalized spacial score (nSPS) is 15.7. The lowest BCUT2D eigenvalue weighted by molar-refractivity contribution is -0.151. The molecule has 146 valence electrons. The molecule has 28 heavy (non-hydrogen) atoms. The number of esters is 1. The van der Waals surface area contributed by atoms with Gasteiger partial charge in [0.15, 0.2) is 0 Å². The molecule has 8 heteroatoms. The lowest BCUT2D eigenvalue weighted by Crippen LogP contribution is -2.40. The number of halogens is 1. The maximum absolute atomic E-state index is 12.7. The molecule has 2 aromatic rings. The van der Waals surface area contributed by atoms with E-state index in [0.29, 0.717) is 23.4 Å². The van der Waals surface area contributed by atoms with Gasteiger partial charge in [0.05, 0.1) is 22.4 Å². The van der Waals surface area contributed by atoms with Crippen LogP contribution in [0, 0.1) is 17.2 Å². The number of nitrogens with zero attached hydrogens (tertiary/aromatic N) is 2. The number of benzene rings is 2. The fourth-order valence-corrected chi connectivity index (χ4v) is 4.63. The summed E-state index contributed by atoms with van der Waals surface area (Å²) in [6.07, 6.45) is 0.823. The number of piperidine rings is 1. The standard InChI is InChI=1S/C20H19ClN2O4S/c21-18-5-1-16(2-6-18)14-27-20(24)17-9-11-23(12-10-17)28(25,26)19-7-3-15(13-22)4-8-19/h1-8,17H,9-12,14H2. The zero-order chi connectivity index (χ0) is 20.1. The summed E-state index contributed by atoms with van der Waals surface area (Å²) in [6, 6.07) is 14.8. The van der Waals surface area contributed by atoms with Crippen molar-refractivity contribution in [3.05, 3.63) is 64.7 Å². The van der Waals surface area contributed by atoms with Crippen molar-refractivity contribution in [1.29, 1.82) is 5.26 Å². The molecule has 0 radical (unpaired) electrons. The zero-order valence-corrected chi connectivity index (χ0v) is 16.6. The molecular formula is C20H19ClN2O4S. The molecule has 1 aliphatic heterocycles. The van der Waals surface area contributed by atoms with Crippen molar-refractivity contribution < 1.29 is 17.9 Å². The first-order chi connectivity index (χ1) is 13.4. The van der Waals surface area contributed by atoms with Gasteiger partial charge in [0, 0.05) is 18.1 Å². The Labute approximate surface area is 169 Å². The molecule has 3 rings (SSSR count). The average molecular weight is 419 g/mol. The molecule has 1 heterocycles. The molecule has 1 saturated heterocycles. The first-order valence-corrected chi connectivity index (χ1v) is 10.6. The molecule has 1 aliphatic rings. The molecule has 0 atom stereocenters. The molecule has 0 unspecified atom stereocenters.